The standard InChI is InChI=1S/C17H30ClN3/c1-12(2)10-19-11-15-8-6-5-7-14(15)9-16-17(18)13(3)20-21(16)4/h12,14-15,19H,5-11H2,1-4H3. The molecular formula is C17H30ClN3. The van der Waals surface area contributed by atoms with E-state index in [0.717, 1.165) is 48.0 Å². The van der Waals surface area contributed by atoms with Crippen molar-refractivity contribution in [3.8, 4) is 0 Å². The molecule has 0 saturated heterocycles. The Morgan fingerprint density at radius 3 is 2.52 bits per heavy atom. The summed E-state index contributed by atoms with van der Waals surface area (Å²) in [6.07, 6.45) is 6.49. The number of hydrogen-bond donors (Lipinski definition) is 1. The fourth-order valence-corrected chi connectivity index (χ4v) is 3.77. The second-order valence-electron chi connectivity index (χ2n) is 7.03. The minimum absolute atomic E-state index is 0.723. The second kappa shape index (κ2) is 7.64. The maximum absolute atomic E-state index is 6.43. The van der Waals surface area contributed by atoms with Gasteiger partial charge in [0.15, 0.2) is 0 Å². The first-order chi connectivity index (χ1) is 9.99. The van der Waals surface area contributed by atoms with Crippen molar-refractivity contribution in [2.24, 2.45) is 24.8 Å². The fourth-order valence-electron chi connectivity index (χ4n) is 3.53. The normalized spacial score (nSPS) is 23.0. The van der Waals surface area contributed by atoms with E-state index in [2.05, 4.69) is 24.3 Å². The number of aryl methyl sites for hydroxylation is 2. The third-order valence-corrected chi connectivity index (χ3v) is 5.23. The molecule has 1 N–H and O–H groups in total. The van der Waals surface area contributed by atoms with Gasteiger partial charge in [0.05, 0.1) is 16.4 Å². The van der Waals surface area contributed by atoms with Crippen molar-refractivity contribution in [2.45, 2.75) is 52.9 Å². The monoisotopic (exact) mass is 311 g/mol. The van der Waals surface area contributed by atoms with Gasteiger partial charge in [-0.15, -0.1) is 0 Å². The molecule has 0 aliphatic heterocycles. The highest BCUT2D eigenvalue weighted by Crippen LogP contribution is 2.34. The first-order valence-electron chi connectivity index (χ1n) is 8.37. The van der Waals surface area contributed by atoms with Crippen LogP contribution in [0.5, 0.6) is 0 Å². The topological polar surface area (TPSA) is 29.9 Å². The van der Waals surface area contributed by atoms with Gasteiger partial charge in [0.25, 0.3) is 0 Å². The number of nitrogens with zero attached hydrogens (tertiary/aromatic N) is 2. The molecule has 1 aromatic rings. The summed E-state index contributed by atoms with van der Waals surface area (Å²) in [6, 6.07) is 0. The fraction of sp³-hybridized carbons (Fsp3) is 0.824. The molecule has 2 rings (SSSR count). The predicted octanol–water partition coefficient (Wildman–Crippen LogP) is 3.98. The van der Waals surface area contributed by atoms with E-state index in [4.69, 9.17) is 11.6 Å². The smallest absolute Gasteiger partial charge is 0.0847 e. The molecule has 2 unspecified atom stereocenters. The lowest BCUT2D eigenvalue weighted by Crippen LogP contribution is -2.33. The molecule has 1 aliphatic carbocycles. The van der Waals surface area contributed by atoms with Gasteiger partial charge in [-0.25, -0.2) is 0 Å². The maximum atomic E-state index is 6.43. The molecule has 0 spiro atoms. The van der Waals surface area contributed by atoms with Gasteiger partial charge in [-0.2, -0.15) is 5.10 Å². The van der Waals surface area contributed by atoms with Crippen LogP contribution in [0.25, 0.3) is 0 Å². The summed E-state index contributed by atoms with van der Waals surface area (Å²) in [5.74, 6) is 2.25. The van der Waals surface area contributed by atoms with Crippen LogP contribution in [-0.2, 0) is 13.5 Å². The molecule has 0 amide bonds. The van der Waals surface area contributed by atoms with E-state index in [0.29, 0.717) is 0 Å². The highest BCUT2D eigenvalue weighted by Gasteiger charge is 2.27. The molecule has 1 aliphatic rings. The van der Waals surface area contributed by atoms with Gasteiger partial charge in [-0.3, -0.25) is 4.68 Å². The lowest BCUT2D eigenvalue weighted by atomic mass is 9.76. The van der Waals surface area contributed by atoms with Crippen LogP contribution in [0.3, 0.4) is 0 Å². The molecule has 1 saturated carbocycles. The first-order valence-corrected chi connectivity index (χ1v) is 8.75. The Bertz CT molecular complexity index is 453. The van der Waals surface area contributed by atoms with Crippen LogP contribution in [0.2, 0.25) is 5.02 Å². The number of nitrogens with one attached hydrogen (secondary N) is 1. The van der Waals surface area contributed by atoms with Gasteiger partial charge in [0, 0.05) is 7.05 Å². The molecule has 1 heterocycles. The first kappa shape index (κ1) is 16.8. The van der Waals surface area contributed by atoms with E-state index >= 15 is 0 Å². The molecule has 2 atom stereocenters. The Morgan fingerprint density at radius 1 is 1.29 bits per heavy atom. The van der Waals surface area contributed by atoms with Gasteiger partial charge < -0.3 is 5.32 Å². The maximum Gasteiger partial charge on any atom is 0.0847 e. The second-order valence-corrected chi connectivity index (χ2v) is 7.41. The molecule has 0 radical (unpaired) electrons. The Morgan fingerprint density at radius 2 is 1.95 bits per heavy atom. The third kappa shape index (κ3) is 4.46. The third-order valence-electron chi connectivity index (χ3n) is 4.74. The van der Waals surface area contributed by atoms with Crippen LogP contribution >= 0.6 is 11.6 Å². The van der Waals surface area contributed by atoms with Crippen molar-refractivity contribution < 1.29 is 0 Å². The molecule has 1 fully saturated rings. The predicted molar refractivity (Wildman–Crippen MR) is 89.8 cm³/mol. The van der Waals surface area contributed by atoms with Crippen molar-refractivity contribution in [3.05, 3.63) is 16.4 Å². The van der Waals surface area contributed by atoms with E-state index in [-0.39, 0.29) is 0 Å². The summed E-state index contributed by atoms with van der Waals surface area (Å²) in [5.41, 5.74) is 2.18. The van der Waals surface area contributed by atoms with Gasteiger partial charge in [0.2, 0.25) is 0 Å². The molecule has 3 nitrogen and oxygen atoms in total. The summed E-state index contributed by atoms with van der Waals surface area (Å²) < 4.78 is 1.98. The minimum atomic E-state index is 0.723. The van der Waals surface area contributed by atoms with Crippen LogP contribution in [0, 0.1) is 24.7 Å². The van der Waals surface area contributed by atoms with Gasteiger partial charge in [0.1, 0.15) is 0 Å². The zero-order chi connectivity index (χ0) is 15.4. The van der Waals surface area contributed by atoms with E-state index < -0.39 is 0 Å². The van der Waals surface area contributed by atoms with Crippen molar-refractivity contribution >= 4 is 11.6 Å². The van der Waals surface area contributed by atoms with E-state index in [1.165, 1.54) is 31.4 Å². The van der Waals surface area contributed by atoms with E-state index in [1.807, 2.05) is 18.7 Å². The van der Waals surface area contributed by atoms with Crippen LogP contribution < -0.4 is 5.32 Å². The molecule has 21 heavy (non-hydrogen) atoms. The van der Waals surface area contributed by atoms with E-state index in [1.54, 1.807) is 0 Å². The lowest BCUT2D eigenvalue weighted by molar-refractivity contribution is 0.224. The van der Waals surface area contributed by atoms with Crippen molar-refractivity contribution in [1.82, 2.24) is 15.1 Å². The Labute approximate surface area is 134 Å². The Kier molecular flexibility index (Phi) is 6.12. The summed E-state index contributed by atoms with van der Waals surface area (Å²) >= 11 is 6.43. The highest BCUT2D eigenvalue weighted by molar-refractivity contribution is 6.31. The van der Waals surface area contributed by atoms with Crippen molar-refractivity contribution in [3.63, 3.8) is 0 Å². The molecule has 0 aromatic carbocycles. The SMILES string of the molecule is Cc1nn(C)c(CC2CCCCC2CNCC(C)C)c1Cl. The summed E-state index contributed by atoms with van der Waals surface area (Å²) in [5, 5.41) is 8.98. The highest BCUT2D eigenvalue weighted by atomic mass is 35.5. The average molecular weight is 312 g/mol. The molecule has 0 bridgehead atoms. The summed E-state index contributed by atoms with van der Waals surface area (Å²) in [4.78, 5) is 0. The quantitative estimate of drug-likeness (QED) is 0.861. The molecule has 4 heteroatoms. The van der Waals surface area contributed by atoms with Gasteiger partial charge >= 0.3 is 0 Å². The van der Waals surface area contributed by atoms with Crippen LogP contribution in [0.1, 0.15) is 50.9 Å². The zero-order valence-corrected chi connectivity index (χ0v) is 14.7. The van der Waals surface area contributed by atoms with Crippen LogP contribution in [0.4, 0.5) is 0 Å². The van der Waals surface area contributed by atoms with E-state index in [9.17, 15) is 0 Å². The molecular weight excluding hydrogens is 282 g/mol. The number of rotatable bonds is 6. The average Bonchev–Trinajstić information content (AvgIpc) is 2.67. The summed E-state index contributed by atoms with van der Waals surface area (Å²) in [7, 11) is 2.02. The minimum Gasteiger partial charge on any atom is -0.316 e. The van der Waals surface area contributed by atoms with Gasteiger partial charge in [-0.05, 0) is 57.0 Å². The van der Waals surface area contributed by atoms with Crippen LogP contribution in [0.15, 0.2) is 0 Å². The lowest BCUT2D eigenvalue weighted by Gasteiger charge is -2.32. The number of hydrogen-bond acceptors (Lipinski definition) is 2. The molecule has 1 aromatic heterocycles. The Balaban J connectivity index is 1.98. The van der Waals surface area contributed by atoms with Crippen LogP contribution in [-0.4, -0.2) is 22.9 Å². The number of aromatic nitrogens is 2. The zero-order valence-electron chi connectivity index (χ0n) is 14.0. The van der Waals surface area contributed by atoms with Gasteiger partial charge in [-0.1, -0.05) is 38.3 Å². The van der Waals surface area contributed by atoms with Crippen molar-refractivity contribution in [1.29, 1.82) is 0 Å². The summed E-state index contributed by atoms with van der Waals surface area (Å²) in [6.45, 7) is 8.80. The largest absolute Gasteiger partial charge is 0.316 e. The van der Waals surface area contributed by atoms with Crippen molar-refractivity contribution in [2.75, 3.05) is 13.1 Å². The Hall–Kier alpha value is -0.540. The molecule has 120 valence electrons. The number of halogens is 1.